The lowest BCUT2D eigenvalue weighted by atomic mass is 9.90. The van der Waals surface area contributed by atoms with Crippen LogP contribution in [0.4, 0.5) is 5.69 Å². The molecule has 1 heterocycles. The van der Waals surface area contributed by atoms with Crippen molar-refractivity contribution in [2.75, 3.05) is 18.4 Å². The standard InChI is InChI=1S/C15H18N2O2.ClH/c18-14-3-1-2-10-4-5-12(8-13(10)14)17-15(19)11-6-7-16-9-11;/h4-5,8,11,16H,1-3,6-7,9H2,(H,17,19);1H. The van der Waals surface area contributed by atoms with E-state index in [-0.39, 0.29) is 30.0 Å². The van der Waals surface area contributed by atoms with Crippen molar-refractivity contribution < 1.29 is 9.59 Å². The number of amides is 1. The Hall–Kier alpha value is -1.39. The highest BCUT2D eigenvalue weighted by atomic mass is 35.5. The molecule has 2 aliphatic rings. The summed E-state index contributed by atoms with van der Waals surface area (Å²) in [6.07, 6.45) is 3.40. The largest absolute Gasteiger partial charge is 0.326 e. The van der Waals surface area contributed by atoms with Crippen LogP contribution in [0.25, 0.3) is 0 Å². The average molecular weight is 295 g/mol. The quantitative estimate of drug-likeness (QED) is 0.879. The lowest BCUT2D eigenvalue weighted by Crippen LogP contribution is -2.25. The van der Waals surface area contributed by atoms with E-state index in [1.807, 2.05) is 18.2 Å². The van der Waals surface area contributed by atoms with Gasteiger partial charge in [-0.05, 0) is 43.5 Å². The molecule has 5 heteroatoms. The summed E-state index contributed by atoms with van der Waals surface area (Å²) >= 11 is 0. The summed E-state index contributed by atoms with van der Waals surface area (Å²) < 4.78 is 0. The normalized spacial score (nSPS) is 21.0. The Balaban J connectivity index is 0.00000147. The number of hydrogen-bond donors (Lipinski definition) is 2. The third-order valence-corrected chi connectivity index (χ3v) is 3.96. The van der Waals surface area contributed by atoms with E-state index in [1.54, 1.807) is 0 Å². The van der Waals surface area contributed by atoms with E-state index in [0.29, 0.717) is 6.42 Å². The molecule has 1 fully saturated rings. The van der Waals surface area contributed by atoms with E-state index in [4.69, 9.17) is 0 Å². The third-order valence-electron chi connectivity index (χ3n) is 3.96. The fraction of sp³-hybridized carbons (Fsp3) is 0.467. The van der Waals surface area contributed by atoms with Crippen LogP contribution in [-0.2, 0) is 11.2 Å². The van der Waals surface area contributed by atoms with Gasteiger partial charge < -0.3 is 10.6 Å². The zero-order valence-corrected chi connectivity index (χ0v) is 12.1. The molecule has 1 aromatic carbocycles. The van der Waals surface area contributed by atoms with Crippen LogP contribution >= 0.6 is 12.4 Å². The summed E-state index contributed by atoms with van der Waals surface area (Å²) in [5.74, 6) is 0.292. The van der Waals surface area contributed by atoms with Gasteiger partial charge in [0.15, 0.2) is 5.78 Å². The number of anilines is 1. The van der Waals surface area contributed by atoms with Gasteiger partial charge in [0, 0.05) is 24.2 Å². The first kappa shape index (κ1) is 15.0. The van der Waals surface area contributed by atoms with E-state index in [9.17, 15) is 9.59 Å². The molecule has 1 unspecified atom stereocenters. The number of benzene rings is 1. The predicted octanol–water partition coefficient (Wildman–Crippen LogP) is 2.18. The number of carbonyl (C=O) groups excluding carboxylic acids is 2. The lowest BCUT2D eigenvalue weighted by molar-refractivity contribution is -0.119. The van der Waals surface area contributed by atoms with E-state index in [0.717, 1.165) is 49.2 Å². The summed E-state index contributed by atoms with van der Waals surface area (Å²) in [5.41, 5.74) is 2.64. The second-order valence-electron chi connectivity index (χ2n) is 5.33. The Kier molecular flexibility index (Phi) is 4.78. The zero-order valence-electron chi connectivity index (χ0n) is 11.3. The van der Waals surface area contributed by atoms with Gasteiger partial charge in [0.1, 0.15) is 0 Å². The van der Waals surface area contributed by atoms with Crippen LogP contribution in [0.5, 0.6) is 0 Å². The average Bonchev–Trinajstić information content (AvgIpc) is 2.94. The van der Waals surface area contributed by atoms with Crippen LogP contribution in [0, 0.1) is 5.92 Å². The van der Waals surface area contributed by atoms with E-state index in [1.165, 1.54) is 0 Å². The number of halogens is 1. The number of nitrogens with one attached hydrogen (secondary N) is 2. The number of hydrogen-bond acceptors (Lipinski definition) is 3. The monoisotopic (exact) mass is 294 g/mol. The van der Waals surface area contributed by atoms with Crippen LogP contribution in [0.2, 0.25) is 0 Å². The third kappa shape index (κ3) is 3.02. The molecule has 4 nitrogen and oxygen atoms in total. The van der Waals surface area contributed by atoms with Gasteiger partial charge in [-0.1, -0.05) is 6.07 Å². The number of Topliss-reactive ketones (excluding diaryl/α,β-unsaturated/α-hetero) is 1. The molecule has 0 saturated carbocycles. The fourth-order valence-electron chi connectivity index (χ4n) is 2.83. The molecule has 0 bridgehead atoms. The molecule has 20 heavy (non-hydrogen) atoms. The first-order chi connectivity index (χ1) is 9.24. The molecule has 1 aliphatic heterocycles. The summed E-state index contributed by atoms with van der Waals surface area (Å²) in [7, 11) is 0. The van der Waals surface area contributed by atoms with Crippen molar-refractivity contribution in [3.63, 3.8) is 0 Å². The molecule has 1 saturated heterocycles. The minimum Gasteiger partial charge on any atom is -0.326 e. The Morgan fingerprint density at radius 3 is 2.90 bits per heavy atom. The van der Waals surface area contributed by atoms with Gasteiger partial charge >= 0.3 is 0 Å². The smallest absolute Gasteiger partial charge is 0.228 e. The number of rotatable bonds is 2. The number of carbonyl (C=O) groups is 2. The van der Waals surface area contributed by atoms with E-state index >= 15 is 0 Å². The summed E-state index contributed by atoms with van der Waals surface area (Å²) in [6, 6.07) is 5.70. The first-order valence-corrected chi connectivity index (χ1v) is 6.92. The van der Waals surface area contributed by atoms with Crippen molar-refractivity contribution in [3.05, 3.63) is 29.3 Å². The number of aryl methyl sites for hydroxylation is 1. The molecule has 0 radical (unpaired) electrons. The SMILES string of the molecule is Cl.O=C1CCCc2ccc(NC(=O)C3CCNC3)cc21. The molecular formula is C15H19ClN2O2. The Morgan fingerprint density at radius 1 is 1.30 bits per heavy atom. The molecule has 1 aromatic rings. The van der Waals surface area contributed by atoms with Crippen LogP contribution in [-0.4, -0.2) is 24.8 Å². The topological polar surface area (TPSA) is 58.2 Å². The van der Waals surface area contributed by atoms with Crippen LogP contribution < -0.4 is 10.6 Å². The fourth-order valence-corrected chi connectivity index (χ4v) is 2.83. The molecule has 0 aromatic heterocycles. The minimum absolute atomic E-state index is 0. The van der Waals surface area contributed by atoms with Gasteiger partial charge in [-0.3, -0.25) is 9.59 Å². The molecule has 0 spiro atoms. The Labute approximate surface area is 124 Å². The van der Waals surface area contributed by atoms with Crippen molar-refractivity contribution in [2.45, 2.75) is 25.7 Å². The highest BCUT2D eigenvalue weighted by Crippen LogP contribution is 2.24. The van der Waals surface area contributed by atoms with Crippen LogP contribution in [0.3, 0.4) is 0 Å². The van der Waals surface area contributed by atoms with Crippen molar-refractivity contribution in [1.82, 2.24) is 5.32 Å². The second-order valence-corrected chi connectivity index (χ2v) is 5.33. The summed E-state index contributed by atoms with van der Waals surface area (Å²) in [5, 5.41) is 6.10. The van der Waals surface area contributed by atoms with Crippen molar-refractivity contribution in [2.24, 2.45) is 5.92 Å². The van der Waals surface area contributed by atoms with Gasteiger partial charge in [-0.15, -0.1) is 12.4 Å². The highest BCUT2D eigenvalue weighted by molar-refractivity contribution is 6.00. The van der Waals surface area contributed by atoms with Gasteiger partial charge in [-0.2, -0.15) is 0 Å². The van der Waals surface area contributed by atoms with E-state index in [2.05, 4.69) is 10.6 Å². The molecule has 2 N–H and O–H groups in total. The molecule has 1 amide bonds. The molecule has 108 valence electrons. The van der Waals surface area contributed by atoms with Crippen LogP contribution in [0.1, 0.15) is 35.2 Å². The maximum Gasteiger partial charge on any atom is 0.228 e. The molecular weight excluding hydrogens is 276 g/mol. The predicted molar refractivity (Wildman–Crippen MR) is 80.6 cm³/mol. The summed E-state index contributed by atoms with van der Waals surface area (Å²) in [4.78, 5) is 23.9. The minimum atomic E-state index is 0. The molecule has 1 atom stereocenters. The van der Waals surface area contributed by atoms with Gasteiger partial charge in [-0.25, -0.2) is 0 Å². The van der Waals surface area contributed by atoms with Gasteiger partial charge in [0.05, 0.1) is 5.92 Å². The Morgan fingerprint density at radius 2 is 2.15 bits per heavy atom. The highest BCUT2D eigenvalue weighted by Gasteiger charge is 2.23. The first-order valence-electron chi connectivity index (χ1n) is 6.92. The maximum atomic E-state index is 12.0. The lowest BCUT2D eigenvalue weighted by Gasteiger charge is -2.16. The number of fused-ring (bicyclic) bond motifs is 1. The summed E-state index contributed by atoms with van der Waals surface area (Å²) in [6.45, 7) is 1.65. The number of ketones is 1. The van der Waals surface area contributed by atoms with Crippen molar-refractivity contribution in [1.29, 1.82) is 0 Å². The second kappa shape index (κ2) is 6.37. The molecule has 1 aliphatic carbocycles. The Bertz CT molecular complexity index is 525. The van der Waals surface area contributed by atoms with Gasteiger partial charge in [0.25, 0.3) is 0 Å². The van der Waals surface area contributed by atoms with Crippen molar-refractivity contribution in [3.8, 4) is 0 Å². The molecule has 3 rings (SSSR count). The van der Waals surface area contributed by atoms with E-state index < -0.39 is 0 Å². The van der Waals surface area contributed by atoms with Gasteiger partial charge in [0.2, 0.25) is 5.91 Å². The van der Waals surface area contributed by atoms with Crippen LogP contribution in [0.15, 0.2) is 18.2 Å². The van der Waals surface area contributed by atoms with Crippen molar-refractivity contribution >= 4 is 29.8 Å². The maximum absolute atomic E-state index is 12.0. The zero-order chi connectivity index (χ0) is 13.2.